The summed E-state index contributed by atoms with van der Waals surface area (Å²) < 4.78 is 4.97. The number of carbonyl (C=O) groups excluding carboxylic acids is 1. The van der Waals surface area contributed by atoms with Crippen LogP contribution in [0, 0.1) is 20.2 Å². The lowest BCUT2D eigenvalue weighted by atomic mass is 10.1. The lowest BCUT2D eigenvalue weighted by molar-refractivity contribution is -0.394. The van der Waals surface area contributed by atoms with Gasteiger partial charge in [-0.05, 0) is 13.3 Å². The summed E-state index contributed by atoms with van der Waals surface area (Å²) in [7, 11) is 0. The molecule has 0 aliphatic rings. The Labute approximate surface area is 108 Å². The summed E-state index contributed by atoms with van der Waals surface area (Å²) in [6.45, 7) is 3.46. The van der Waals surface area contributed by atoms with E-state index in [9.17, 15) is 25.0 Å². The molecular formula is C11H12N2O6. The maximum atomic E-state index is 11.7. The van der Waals surface area contributed by atoms with E-state index in [-0.39, 0.29) is 11.7 Å². The van der Waals surface area contributed by atoms with E-state index in [0.717, 1.165) is 18.2 Å². The number of non-ortho nitro benzene ring substituents is 2. The quantitative estimate of drug-likeness (QED) is 0.460. The summed E-state index contributed by atoms with van der Waals surface area (Å²) in [5.41, 5.74) is -1.25. The first-order chi connectivity index (χ1) is 8.85. The highest BCUT2D eigenvalue weighted by atomic mass is 16.6. The van der Waals surface area contributed by atoms with Crippen LogP contribution >= 0.6 is 0 Å². The van der Waals surface area contributed by atoms with Crippen molar-refractivity contribution < 1.29 is 19.4 Å². The fraction of sp³-hybridized carbons (Fsp3) is 0.364. The normalized spacial score (nSPS) is 11.7. The minimum Gasteiger partial charge on any atom is -0.459 e. The van der Waals surface area contributed by atoms with E-state index in [0.29, 0.717) is 6.42 Å². The van der Waals surface area contributed by atoms with Crippen molar-refractivity contribution >= 4 is 17.3 Å². The molecule has 0 aliphatic carbocycles. The lowest BCUT2D eigenvalue weighted by Gasteiger charge is -2.10. The van der Waals surface area contributed by atoms with Crippen molar-refractivity contribution in [2.45, 2.75) is 26.4 Å². The van der Waals surface area contributed by atoms with Gasteiger partial charge in [-0.3, -0.25) is 20.2 Å². The van der Waals surface area contributed by atoms with E-state index in [1.54, 1.807) is 13.8 Å². The highest BCUT2D eigenvalue weighted by Crippen LogP contribution is 2.23. The van der Waals surface area contributed by atoms with E-state index >= 15 is 0 Å². The second-order valence-corrected chi connectivity index (χ2v) is 3.88. The topological polar surface area (TPSA) is 113 Å². The zero-order chi connectivity index (χ0) is 14.6. The van der Waals surface area contributed by atoms with Crippen LogP contribution in [0.15, 0.2) is 18.2 Å². The highest BCUT2D eigenvalue weighted by Gasteiger charge is 2.21. The van der Waals surface area contributed by atoms with Gasteiger partial charge in [0.2, 0.25) is 0 Å². The average molecular weight is 268 g/mol. The highest BCUT2D eigenvalue weighted by molar-refractivity contribution is 5.91. The average Bonchev–Trinajstić information content (AvgIpc) is 2.37. The van der Waals surface area contributed by atoms with E-state index < -0.39 is 27.2 Å². The number of ether oxygens (including phenoxy) is 1. The van der Waals surface area contributed by atoms with Gasteiger partial charge in [-0.25, -0.2) is 4.79 Å². The molecule has 0 saturated carbocycles. The van der Waals surface area contributed by atoms with Crippen LogP contribution in [0.4, 0.5) is 11.4 Å². The SMILES string of the molecule is CC[C@H](C)OC(=O)c1cc([N+](=O)[O-])cc([N+](=O)[O-])c1. The van der Waals surface area contributed by atoms with E-state index in [1.807, 2.05) is 0 Å². The van der Waals surface area contributed by atoms with Gasteiger partial charge in [-0.1, -0.05) is 6.92 Å². The number of carbonyl (C=O) groups is 1. The number of esters is 1. The van der Waals surface area contributed by atoms with Gasteiger partial charge in [0.1, 0.15) is 0 Å². The molecule has 0 spiro atoms. The smallest absolute Gasteiger partial charge is 0.338 e. The number of rotatable bonds is 5. The van der Waals surface area contributed by atoms with Crippen LogP contribution in [0.5, 0.6) is 0 Å². The van der Waals surface area contributed by atoms with Crippen molar-refractivity contribution in [3.05, 3.63) is 44.0 Å². The zero-order valence-electron chi connectivity index (χ0n) is 10.4. The number of nitro groups is 2. The van der Waals surface area contributed by atoms with Crippen LogP contribution in [0.2, 0.25) is 0 Å². The van der Waals surface area contributed by atoms with Crippen molar-refractivity contribution in [3.8, 4) is 0 Å². The molecule has 0 aliphatic heterocycles. The van der Waals surface area contributed by atoms with E-state index in [1.165, 1.54) is 0 Å². The molecule has 1 aromatic carbocycles. The standard InChI is InChI=1S/C11H12N2O6/c1-3-7(2)19-11(14)8-4-9(12(15)16)6-10(5-8)13(17)18/h4-7H,3H2,1-2H3/t7-/m0/s1. The van der Waals surface area contributed by atoms with Crippen LogP contribution in [-0.4, -0.2) is 21.9 Å². The molecular weight excluding hydrogens is 256 g/mol. The van der Waals surface area contributed by atoms with Crippen LogP contribution in [0.1, 0.15) is 30.6 Å². The molecule has 0 aromatic heterocycles. The fourth-order valence-electron chi connectivity index (χ4n) is 1.26. The minimum absolute atomic E-state index is 0.207. The van der Waals surface area contributed by atoms with Gasteiger partial charge < -0.3 is 4.74 Å². The van der Waals surface area contributed by atoms with Gasteiger partial charge in [0.05, 0.1) is 27.6 Å². The summed E-state index contributed by atoms with van der Waals surface area (Å²) >= 11 is 0. The van der Waals surface area contributed by atoms with Crippen LogP contribution < -0.4 is 0 Å². The molecule has 0 fully saturated rings. The van der Waals surface area contributed by atoms with Crippen LogP contribution in [0.3, 0.4) is 0 Å². The molecule has 8 nitrogen and oxygen atoms in total. The molecule has 0 bridgehead atoms. The van der Waals surface area contributed by atoms with Crippen molar-refractivity contribution in [3.63, 3.8) is 0 Å². The third-order valence-electron chi connectivity index (χ3n) is 2.44. The molecule has 8 heteroatoms. The Balaban J connectivity index is 3.16. The van der Waals surface area contributed by atoms with Gasteiger partial charge in [0.15, 0.2) is 0 Å². The van der Waals surface area contributed by atoms with Gasteiger partial charge in [0, 0.05) is 12.1 Å². The van der Waals surface area contributed by atoms with E-state index in [4.69, 9.17) is 4.74 Å². The molecule has 102 valence electrons. The molecule has 1 rings (SSSR count). The first-order valence-electron chi connectivity index (χ1n) is 5.50. The van der Waals surface area contributed by atoms with Crippen LogP contribution in [-0.2, 0) is 4.74 Å². The zero-order valence-corrected chi connectivity index (χ0v) is 10.4. The maximum Gasteiger partial charge on any atom is 0.338 e. The molecule has 0 unspecified atom stereocenters. The summed E-state index contributed by atoms with van der Waals surface area (Å²) in [6.07, 6.45) is 0.203. The molecule has 1 atom stereocenters. The molecule has 1 aromatic rings. The molecule has 0 heterocycles. The third-order valence-corrected chi connectivity index (χ3v) is 2.44. The Morgan fingerprint density at radius 2 is 1.68 bits per heavy atom. The number of nitrogens with zero attached hydrogens (tertiary/aromatic N) is 2. The number of hydrogen-bond acceptors (Lipinski definition) is 6. The summed E-state index contributed by atoms with van der Waals surface area (Å²) in [6, 6.07) is 2.70. The summed E-state index contributed by atoms with van der Waals surface area (Å²) in [4.78, 5) is 31.4. The molecule has 19 heavy (non-hydrogen) atoms. The largest absolute Gasteiger partial charge is 0.459 e. The first kappa shape index (κ1) is 14.6. The first-order valence-corrected chi connectivity index (χ1v) is 5.50. The predicted octanol–water partition coefficient (Wildman–Crippen LogP) is 2.46. The Bertz CT molecular complexity index is 496. The summed E-state index contributed by atoms with van der Waals surface area (Å²) in [5, 5.41) is 21.3. The Hall–Kier alpha value is -2.51. The maximum absolute atomic E-state index is 11.7. The second kappa shape index (κ2) is 5.89. The van der Waals surface area contributed by atoms with Gasteiger partial charge in [-0.2, -0.15) is 0 Å². The lowest BCUT2D eigenvalue weighted by Crippen LogP contribution is -2.14. The Kier molecular flexibility index (Phi) is 4.51. The monoisotopic (exact) mass is 268 g/mol. The second-order valence-electron chi connectivity index (χ2n) is 3.88. The predicted molar refractivity (Wildman–Crippen MR) is 64.9 cm³/mol. The number of nitro benzene ring substituents is 2. The Morgan fingerprint density at radius 1 is 1.21 bits per heavy atom. The number of hydrogen-bond donors (Lipinski definition) is 0. The van der Waals surface area contributed by atoms with Crippen LogP contribution in [0.25, 0.3) is 0 Å². The molecule has 0 N–H and O–H groups in total. The minimum atomic E-state index is -0.818. The van der Waals surface area contributed by atoms with Gasteiger partial charge in [0.25, 0.3) is 11.4 Å². The molecule has 0 saturated heterocycles. The summed E-state index contributed by atoms with van der Waals surface area (Å²) in [5.74, 6) is -0.818. The fourth-order valence-corrected chi connectivity index (χ4v) is 1.26. The Morgan fingerprint density at radius 3 is 2.05 bits per heavy atom. The van der Waals surface area contributed by atoms with Gasteiger partial charge in [-0.15, -0.1) is 0 Å². The van der Waals surface area contributed by atoms with Crippen molar-refractivity contribution in [2.75, 3.05) is 0 Å². The van der Waals surface area contributed by atoms with Crippen molar-refractivity contribution in [2.24, 2.45) is 0 Å². The van der Waals surface area contributed by atoms with Crippen molar-refractivity contribution in [1.29, 1.82) is 0 Å². The third kappa shape index (κ3) is 3.73. The van der Waals surface area contributed by atoms with Crippen molar-refractivity contribution in [1.82, 2.24) is 0 Å². The molecule has 0 amide bonds. The van der Waals surface area contributed by atoms with Gasteiger partial charge >= 0.3 is 5.97 Å². The molecule has 0 radical (unpaired) electrons. The van der Waals surface area contributed by atoms with E-state index in [2.05, 4.69) is 0 Å². The number of benzene rings is 1.